The smallest absolute Gasteiger partial charge is 0.119 e. The Bertz CT molecular complexity index is 817. The van der Waals surface area contributed by atoms with E-state index in [0.717, 1.165) is 76.5 Å². The summed E-state index contributed by atoms with van der Waals surface area (Å²) >= 11 is 0. The van der Waals surface area contributed by atoms with Crippen molar-refractivity contribution in [3.8, 4) is 5.75 Å². The highest BCUT2D eigenvalue weighted by Crippen LogP contribution is 2.42. The van der Waals surface area contributed by atoms with Gasteiger partial charge in [0.05, 0.1) is 25.4 Å². The molecule has 0 saturated carbocycles. The van der Waals surface area contributed by atoms with E-state index >= 15 is 0 Å². The van der Waals surface area contributed by atoms with E-state index in [2.05, 4.69) is 68.1 Å². The molecule has 1 aliphatic rings. The lowest BCUT2D eigenvalue weighted by atomic mass is 9.73. The molecule has 0 amide bonds. The molecule has 0 aromatic heterocycles. The summed E-state index contributed by atoms with van der Waals surface area (Å²) in [6, 6.07) is 18.8. The van der Waals surface area contributed by atoms with Crippen LogP contribution in [0, 0.1) is 5.92 Å². The van der Waals surface area contributed by atoms with Gasteiger partial charge in [-0.25, -0.2) is 0 Å². The van der Waals surface area contributed by atoms with E-state index < -0.39 is 5.60 Å². The van der Waals surface area contributed by atoms with Crippen LogP contribution in [-0.4, -0.2) is 49.5 Å². The number of rotatable bonds is 15. The summed E-state index contributed by atoms with van der Waals surface area (Å²) in [4.78, 5) is 2.45. The van der Waals surface area contributed by atoms with Crippen molar-refractivity contribution in [3.63, 3.8) is 0 Å². The minimum Gasteiger partial charge on any atom is -0.494 e. The first kappa shape index (κ1) is 27.7. The molecule has 1 heterocycles. The van der Waals surface area contributed by atoms with E-state index in [-0.39, 0.29) is 5.92 Å². The van der Waals surface area contributed by atoms with Crippen LogP contribution in [0.2, 0.25) is 0 Å². The zero-order chi connectivity index (χ0) is 24.9. The Morgan fingerprint density at radius 1 is 0.943 bits per heavy atom. The summed E-state index contributed by atoms with van der Waals surface area (Å²) in [6.45, 7) is 11.6. The molecule has 0 spiro atoms. The standard InChI is InChI=1S/C31H47NO3/c1-4-5-6-7-11-19-31(33,28-14-16-29(17-15-28)35-22-18-26(2)3)30(27-12-9-8-10-13-27)25-32-20-23-34-24-21-32/h8-10,12-17,26,30,33H,4-7,11,18-25H2,1-3H3/t30-,31+/m1/s1. The van der Waals surface area contributed by atoms with Crippen molar-refractivity contribution in [2.45, 2.75) is 77.2 Å². The van der Waals surface area contributed by atoms with Crippen molar-refractivity contribution in [2.75, 3.05) is 39.5 Å². The van der Waals surface area contributed by atoms with Crippen LogP contribution in [0.15, 0.2) is 54.6 Å². The Hall–Kier alpha value is -1.88. The molecule has 1 N–H and O–H groups in total. The normalized spacial score (nSPS) is 17.3. The van der Waals surface area contributed by atoms with Crippen LogP contribution in [0.1, 0.15) is 82.8 Å². The lowest BCUT2D eigenvalue weighted by Crippen LogP contribution is -2.45. The molecule has 1 saturated heterocycles. The molecule has 4 nitrogen and oxygen atoms in total. The quantitative estimate of drug-likeness (QED) is 0.285. The highest BCUT2D eigenvalue weighted by molar-refractivity contribution is 5.35. The summed E-state index contributed by atoms with van der Waals surface area (Å²) in [5.41, 5.74) is 1.25. The Balaban J connectivity index is 1.86. The maximum Gasteiger partial charge on any atom is 0.119 e. The Morgan fingerprint density at radius 3 is 2.29 bits per heavy atom. The predicted molar refractivity (Wildman–Crippen MR) is 145 cm³/mol. The van der Waals surface area contributed by atoms with Crippen LogP contribution in [-0.2, 0) is 10.3 Å². The lowest BCUT2D eigenvalue weighted by molar-refractivity contribution is -0.0296. The average Bonchev–Trinajstić information content (AvgIpc) is 2.88. The third-order valence-electron chi connectivity index (χ3n) is 7.30. The van der Waals surface area contributed by atoms with Gasteiger partial charge in [0.2, 0.25) is 0 Å². The molecule has 0 unspecified atom stereocenters. The van der Waals surface area contributed by atoms with Crippen LogP contribution in [0.5, 0.6) is 5.75 Å². The summed E-state index contributed by atoms with van der Waals surface area (Å²) in [5.74, 6) is 1.49. The molecule has 2 aromatic rings. The fourth-order valence-corrected chi connectivity index (χ4v) is 5.03. The fourth-order valence-electron chi connectivity index (χ4n) is 5.03. The molecule has 35 heavy (non-hydrogen) atoms. The number of morpholine rings is 1. The molecule has 3 rings (SSSR count). The van der Waals surface area contributed by atoms with Gasteiger partial charge in [0.1, 0.15) is 5.75 Å². The second kappa shape index (κ2) is 14.6. The van der Waals surface area contributed by atoms with E-state index in [9.17, 15) is 5.11 Å². The maximum atomic E-state index is 12.5. The van der Waals surface area contributed by atoms with Gasteiger partial charge < -0.3 is 14.6 Å². The largest absolute Gasteiger partial charge is 0.494 e. The minimum absolute atomic E-state index is 0.0133. The number of ether oxygens (including phenoxy) is 2. The Labute approximate surface area is 213 Å². The highest BCUT2D eigenvalue weighted by atomic mass is 16.5. The van der Waals surface area contributed by atoms with Crippen molar-refractivity contribution in [3.05, 3.63) is 65.7 Å². The molecule has 2 atom stereocenters. The number of unbranched alkanes of at least 4 members (excludes halogenated alkanes) is 4. The van der Waals surface area contributed by atoms with E-state index in [1.807, 2.05) is 12.1 Å². The number of benzene rings is 2. The van der Waals surface area contributed by atoms with Crippen molar-refractivity contribution < 1.29 is 14.6 Å². The van der Waals surface area contributed by atoms with Crippen LogP contribution in [0.3, 0.4) is 0 Å². The SMILES string of the molecule is CCCCCCC[C@](O)(c1ccc(OCCC(C)C)cc1)[C@H](CN1CCOCC1)c1ccccc1. The summed E-state index contributed by atoms with van der Waals surface area (Å²) < 4.78 is 11.6. The van der Waals surface area contributed by atoms with Gasteiger partial charge in [-0.1, -0.05) is 95.3 Å². The summed E-state index contributed by atoms with van der Waals surface area (Å²) in [7, 11) is 0. The molecule has 0 radical (unpaired) electrons. The van der Waals surface area contributed by atoms with E-state index in [4.69, 9.17) is 9.47 Å². The van der Waals surface area contributed by atoms with Crippen LogP contribution in [0.25, 0.3) is 0 Å². The first-order valence-electron chi connectivity index (χ1n) is 13.8. The zero-order valence-corrected chi connectivity index (χ0v) is 22.3. The molecule has 0 aliphatic carbocycles. The molecular weight excluding hydrogens is 434 g/mol. The Kier molecular flexibility index (Phi) is 11.6. The third-order valence-corrected chi connectivity index (χ3v) is 7.30. The summed E-state index contributed by atoms with van der Waals surface area (Å²) in [6.07, 6.45) is 7.70. The van der Waals surface area contributed by atoms with Crippen molar-refractivity contribution in [1.29, 1.82) is 0 Å². The topological polar surface area (TPSA) is 41.9 Å². The van der Waals surface area contributed by atoms with Crippen molar-refractivity contribution in [1.82, 2.24) is 4.90 Å². The van der Waals surface area contributed by atoms with Gasteiger partial charge >= 0.3 is 0 Å². The van der Waals surface area contributed by atoms with Crippen LogP contribution in [0.4, 0.5) is 0 Å². The number of nitrogens with zero attached hydrogens (tertiary/aromatic N) is 1. The highest BCUT2D eigenvalue weighted by Gasteiger charge is 2.40. The molecule has 194 valence electrons. The summed E-state index contributed by atoms with van der Waals surface area (Å²) in [5, 5.41) is 12.5. The van der Waals surface area contributed by atoms with E-state index in [1.54, 1.807) is 0 Å². The van der Waals surface area contributed by atoms with E-state index in [1.165, 1.54) is 24.8 Å². The third kappa shape index (κ3) is 8.63. The first-order chi connectivity index (χ1) is 17.0. The number of hydrogen-bond donors (Lipinski definition) is 1. The Morgan fingerprint density at radius 2 is 1.63 bits per heavy atom. The van der Waals surface area contributed by atoms with Crippen LogP contribution >= 0.6 is 0 Å². The van der Waals surface area contributed by atoms with Gasteiger partial charge in [0.15, 0.2) is 0 Å². The van der Waals surface area contributed by atoms with Gasteiger partial charge in [0, 0.05) is 25.6 Å². The van der Waals surface area contributed by atoms with Gasteiger partial charge in [-0.15, -0.1) is 0 Å². The molecule has 2 aromatic carbocycles. The second-order valence-electron chi connectivity index (χ2n) is 10.5. The van der Waals surface area contributed by atoms with Crippen LogP contribution < -0.4 is 4.74 Å². The molecule has 1 fully saturated rings. The zero-order valence-electron chi connectivity index (χ0n) is 22.3. The van der Waals surface area contributed by atoms with Gasteiger partial charge in [-0.2, -0.15) is 0 Å². The first-order valence-corrected chi connectivity index (χ1v) is 13.8. The van der Waals surface area contributed by atoms with Gasteiger partial charge in [-0.3, -0.25) is 4.90 Å². The van der Waals surface area contributed by atoms with Gasteiger partial charge in [-0.05, 0) is 42.0 Å². The molecule has 1 aliphatic heterocycles. The maximum absolute atomic E-state index is 12.5. The van der Waals surface area contributed by atoms with Gasteiger partial charge in [0.25, 0.3) is 0 Å². The number of hydrogen-bond acceptors (Lipinski definition) is 4. The van der Waals surface area contributed by atoms with Crippen molar-refractivity contribution >= 4 is 0 Å². The molecular formula is C31H47NO3. The average molecular weight is 482 g/mol. The predicted octanol–water partition coefficient (Wildman–Crippen LogP) is 6.78. The monoisotopic (exact) mass is 481 g/mol. The molecule has 0 bridgehead atoms. The second-order valence-corrected chi connectivity index (χ2v) is 10.5. The fraction of sp³-hybridized carbons (Fsp3) is 0.613. The van der Waals surface area contributed by atoms with Crippen molar-refractivity contribution in [2.24, 2.45) is 5.92 Å². The minimum atomic E-state index is -0.942. The van der Waals surface area contributed by atoms with E-state index in [0.29, 0.717) is 5.92 Å². The number of aliphatic hydroxyl groups is 1. The molecule has 4 heteroatoms. The lowest BCUT2D eigenvalue weighted by Gasteiger charge is -2.41.